The van der Waals surface area contributed by atoms with Crippen molar-refractivity contribution in [2.45, 2.75) is 32.4 Å². The Balaban J connectivity index is 1.97. The summed E-state index contributed by atoms with van der Waals surface area (Å²) in [5, 5.41) is 11.7. The molecule has 0 aromatic rings. The highest BCUT2D eigenvalue weighted by Gasteiger charge is 2.42. The van der Waals surface area contributed by atoms with Crippen molar-refractivity contribution in [2.24, 2.45) is 5.92 Å². The molecule has 2 rings (SSSR count). The van der Waals surface area contributed by atoms with Crippen molar-refractivity contribution in [1.29, 1.82) is 0 Å². The minimum absolute atomic E-state index is 0.145. The summed E-state index contributed by atoms with van der Waals surface area (Å²) in [4.78, 5) is 27.9. The fourth-order valence-corrected chi connectivity index (χ4v) is 2.63. The van der Waals surface area contributed by atoms with Crippen molar-refractivity contribution >= 4 is 11.8 Å². The largest absolute Gasteiger partial charge is 0.394 e. The standard InChI is InChI=1S/C13H23N3O3/c1-9(2)3-4-15-5-6-16-11(7-15)12(18)14-10(8-17)13(16)19/h9-11,17H,3-8H2,1-2H3,(H,14,18)/t10-,11-/m1/s1. The van der Waals surface area contributed by atoms with Gasteiger partial charge in [-0.25, -0.2) is 0 Å². The van der Waals surface area contributed by atoms with E-state index in [-0.39, 0.29) is 18.4 Å². The van der Waals surface area contributed by atoms with Crippen LogP contribution >= 0.6 is 0 Å². The van der Waals surface area contributed by atoms with E-state index in [1.165, 1.54) is 0 Å². The van der Waals surface area contributed by atoms with Crippen LogP contribution in [0.5, 0.6) is 0 Å². The van der Waals surface area contributed by atoms with Crippen molar-refractivity contribution in [2.75, 3.05) is 32.8 Å². The Morgan fingerprint density at radius 1 is 1.37 bits per heavy atom. The monoisotopic (exact) mass is 269 g/mol. The highest BCUT2D eigenvalue weighted by Crippen LogP contribution is 2.17. The van der Waals surface area contributed by atoms with Crippen LogP contribution in [0.4, 0.5) is 0 Å². The Morgan fingerprint density at radius 2 is 2.11 bits per heavy atom. The summed E-state index contributed by atoms with van der Waals surface area (Å²) in [6.07, 6.45) is 1.10. The highest BCUT2D eigenvalue weighted by molar-refractivity contribution is 5.97. The van der Waals surface area contributed by atoms with E-state index in [4.69, 9.17) is 5.11 Å². The lowest BCUT2D eigenvalue weighted by atomic mass is 10.0. The molecule has 0 aliphatic carbocycles. The van der Waals surface area contributed by atoms with Crippen LogP contribution in [0, 0.1) is 5.92 Å². The summed E-state index contributed by atoms with van der Waals surface area (Å²) in [5.74, 6) is 0.335. The maximum Gasteiger partial charge on any atom is 0.248 e. The molecule has 0 spiro atoms. The Morgan fingerprint density at radius 3 is 2.74 bits per heavy atom. The third kappa shape index (κ3) is 3.06. The summed E-state index contributed by atoms with van der Waals surface area (Å²) in [6.45, 7) is 6.98. The van der Waals surface area contributed by atoms with Gasteiger partial charge in [-0.15, -0.1) is 0 Å². The number of hydrogen-bond donors (Lipinski definition) is 2. The Hall–Kier alpha value is -1.14. The third-order valence-corrected chi connectivity index (χ3v) is 3.87. The maximum atomic E-state index is 12.0. The lowest BCUT2D eigenvalue weighted by Crippen LogP contribution is -2.69. The van der Waals surface area contributed by atoms with Crippen LogP contribution in [0.1, 0.15) is 20.3 Å². The number of aliphatic hydroxyl groups is 1. The second kappa shape index (κ2) is 5.88. The maximum absolute atomic E-state index is 12.0. The number of nitrogens with one attached hydrogen (secondary N) is 1. The summed E-state index contributed by atoms with van der Waals surface area (Å²) >= 11 is 0. The molecule has 2 aliphatic rings. The number of aliphatic hydroxyl groups excluding tert-OH is 1. The first kappa shape index (κ1) is 14.3. The van der Waals surface area contributed by atoms with E-state index in [1.54, 1.807) is 4.90 Å². The zero-order valence-electron chi connectivity index (χ0n) is 11.6. The van der Waals surface area contributed by atoms with Crippen LogP contribution in [-0.2, 0) is 9.59 Å². The van der Waals surface area contributed by atoms with Gasteiger partial charge in [0.05, 0.1) is 6.61 Å². The van der Waals surface area contributed by atoms with E-state index in [2.05, 4.69) is 24.1 Å². The van der Waals surface area contributed by atoms with Gasteiger partial charge in [0, 0.05) is 19.6 Å². The van der Waals surface area contributed by atoms with Gasteiger partial charge in [-0.05, 0) is 18.9 Å². The molecule has 108 valence electrons. The Kier molecular flexibility index (Phi) is 4.42. The molecule has 19 heavy (non-hydrogen) atoms. The number of amides is 2. The predicted octanol–water partition coefficient (Wildman–Crippen LogP) is -0.964. The number of carbonyl (C=O) groups is 2. The molecular formula is C13H23N3O3. The van der Waals surface area contributed by atoms with Gasteiger partial charge in [-0.1, -0.05) is 13.8 Å². The quantitative estimate of drug-likeness (QED) is 0.689. The normalized spacial score (nSPS) is 28.5. The number of fused-ring (bicyclic) bond motifs is 1. The summed E-state index contributed by atoms with van der Waals surface area (Å²) in [7, 11) is 0. The van der Waals surface area contributed by atoms with E-state index in [9.17, 15) is 9.59 Å². The first-order valence-electron chi connectivity index (χ1n) is 6.97. The average molecular weight is 269 g/mol. The molecule has 0 unspecified atom stereocenters. The molecule has 0 saturated carbocycles. The van der Waals surface area contributed by atoms with Crippen LogP contribution < -0.4 is 5.32 Å². The van der Waals surface area contributed by atoms with Gasteiger partial charge < -0.3 is 15.3 Å². The van der Waals surface area contributed by atoms with Gasteiger partial charge in [0.15, 0.2) is 0 Å². The Bertz CT molecular complexity index is 359. The van der Waals surface area contributed by atoms with Crippen molar-refractivity contribution in [3.63, 3.8) is 0 Å². The zero-order valence-corrected chi connectivity index (χ0v) is 11.6. The van der Waals surface area contributed by atoms with Gasteiger partial charge >= 0.3 is 0 Å². The van der Waals surface area contributed by atoms with Crippen LogP contribution in [-0.4, -0.2) is 71.6 Å². The summed E-state index contributed by atoms with van der Waals surface area (Å²) in [6, 6.07) is -1.15. The molecule has 2 aliphatic heterocycles. The van der Waals surface area contributed by atoms with Gasteiger partial charge in [-0.3, -0.25) is 14.5 Å². The molecule has 0 radical (unpaired) electrons. The molecular weight excluding hydrogens is 246 g/mol. The molecule has 6 heteroatoms. The van der Waals surface area contributed by atoms with Gasteiger partial charge in [0.2, 0.25) is 11.8 Å². The molecule has 0 bridgehead atoms. The van der Waals surface area contributed by atoms with Crippen molar-refractivity contribution in [1.82, 2.24) is 15.1 Å². The minimum Gasteiger partial charge on any atom is -0.394 e. The predicted molar refractivity (Wildman–Crippen MR) is 70.4 cm³/mol. The first-order valence-corrected chi connectivity index (χ1v) is 6.97. The van der Waals surface area contributed by atoms with Crippen LogP contribution in [0.2, 0.25) is 0 Å². The third-order valence-electron chi connectivity index (χ3n) is 3.87. The number of hydrogen-bond acceptors (Lipinski definition) is 4. The SMILES string of the molecule is CC(C)CCN1CCN2C(=O)[C@@H](CO)NC(=O)[C@H]2C1. The van der Waals surface area contributed by atoms with Crippen LogP contribution in [0.3, 0.4) is 0 Å². The number of carbonyl (C=O) groups excluding carboxylic acids is 2. The number of piperazine rings is 2. The molecule has 2 amide bonds. The molecule has 6 nitrogen and oxygen atoms in total. The minimum atomic E-state index is -0.758. The van der Waals surface area contributed by atoms with Gasteiger partial charge in [-0.2, -0.15) is 0 Å². The summed E-state index contributed by atoms with van der Waals surface area (Å²) in [5.41, 5.74) is 0. The number of nitrogens with zero attached hydrogens (tertiary/aromatic N) is 2. The fourth-order valence-electron chi connectivity index (χ4n) is 2.63. The first-order chi connectivity index (χ1) is 9.02. The van der Waals surface area contributed by atoms with E-state index in [0.29, 0.717) is 19.0 Å². The Labute approximate surface area is 113 Å². The van der Waals surface area contributed by atoms with Gasteiger partial charge in [0.1, 0.15) is 12.1 Å². The molecule has 2 atom stereocenters. The zero-order chi connectivity index (χ0) is 14.0. The van der Waals surface area contributed by atoms with E-state index < -0.39 is 12.1 Å². The van der Waals surface area contributed by atoms with Crippen LogP contribution in [0.15, 0.2) is 0 Å². The molecule has 0 aromatic carbocycles. The lowest BCUT2D eigenvalue weighted by molar-refractivity contribution is -0.154. The molecule has 2 fully saturated rings. The highest BCUT2D eigenvalue weighted by atomic mass is 16.3. The lowest BCUT2D eigenvalue weighted by Gasteiger charge is -2.45. The van der Waals surface area contributed by atoms with Crippen molar-refractivity contribution in [3.8, 4) is 0 Å². The average Bonchev–Trinajstić information content (AvgIpc) is 2.40. The molecule has 2 saturated heterocycles. The van der Waals surface area contributed by atoms with E-state index >= 15 is 0 Å². The van der Waals surface area contributed by atoms with Crippen LogP contribution in [0.25, 0.3) is 0 Å². The van der Waals surface area contributed by atoms with Gasteiger partial charge in [0.25, 0.3) is 0 Å². The van der Waals surface area contributed by atoms with E-state index in [0.717, 1.165) is 19.5 Å². The molecule has 2 N–H and O–H groups in total. The number of rotatable bonds is 4. The van der Waals surface area contributed by atoms with Crippen molar-refractivity contribution < 1.29 is 14.7 Å². The smallest absolute Gasteiger partial charge is 0.248 e. The molecule has 0 aromatic heterocycles. The summed E-state index contributed by atoms with van der Waals surface area (Å²) < 4.78 is 0. The van der Waals surface area contributed by atoms with E-state index in [1.807, 2.05) is 0 Å². The topological polar surface area (TPSA) is 72.9 Å². The fraction of sp³-hybridized carbons (Fsp3) is 0.846. The second-order valence-electron chi connectivity index (χ2n) is 5.77. The second-order valence-corrected chi connectivity index (χ2v) is 5.77. The molecule has 2 heterocycles. The van der Waals surface area contributed by atoms with Crippen molar-refractivity contribution in [3.05, 3.63) is 0 Å².